The largest absolute Gasteiger partial charge is 0.0654 e. The van der Waals surface area contributed by atoms with E-state index in [0.29, 0.717) is 0 Å². The maximum absolute atomic E-state index is 2.36. The van der Waals surface area contributed by atoms with Crippen LogP contribution in [0.1, 0.15) is 150 Å². The SMILES string of the molecule is CCCCCCCCC(CCCC)CC(CCCCC)CCCCC. The zero-order valence-electron chi connectivity index (χ0n) is 18.6. The molecule has 0 heterocycles. The highest BCUT2D eigenvalue weighted by molar-refractivity contribution is 4.68. The Morgan fingerprint density at radius 3 is 1.16 bits per heavy atom. The van der Waals surface area contributed by atoms with Crippen LogP contribution in [-0.2, 0) is 0 Å². The van der Waals surface area contributed by atoms with Gasteiger partial charge in [-0.25, -0.2) is 0 Å². The number of unbranched alkanes of at least 4 members (excludes halogenated alkanes) is 10. The second kappa shape index (κ2) is 20.3. The molecule has 1 atom stereocenters. The Kier molecular flexibility index (Phi) is 20.3. The smallest absolute Gasteiger partial charge is 0.0412 e. The van der Waals surface area contributed by atoms with Crippen molar-refractivity contribution in [1.29, 1.82) is 0 Å². The molecule has 0 spiro atoms. The standard InChI is InChI=1S/C25H52/c1-5-9-13-14-15-18-22-24(19-12-8-4)23-25(20-16-10-6-2)21-17-11-7-3/h24-25H,5-23H2,1-4H3. The highest BCUT2D eigenvalue weighted by Crippen LogP contribution is 2.30. The predicted octanol–water partition coefficient (Wildman–Crippen LogP) is 9.71. The highest BCUT2D eigenvalue weighted by Gasteiger charge is 2.16. The molecule has 0 aliphatic carbocycles. The molecule has 0 aliphatic heterocycles. The summed E-state index contributed by atoms with van der Waals surface area (Å²) in [5.41, 5.74) is 0. The van der Waals surface area contributed by atoms with Crippen molar-refractivity contribution in [3.05, 3.63) is 0 Å². The fourth-order valence-electron chi connectivity index (χ4n) is 4.30. The molecule has 0 rings (SSSR count). The summed E-state index contributed by atoms with van der Waals surface area (Å²) in [6, 6.07) is 0. The van der Waals surface area contributed by atoms with E-state index >= 15 is 0 Å². The van der Waals surface area contributed by atoms with E-state index in [1.54, 1.807) is 6.42 Å². The third-order valence-corrected chi connectivity index (χ3v) is 6.03. The molecule has 0 bridgehead atoms. The van der Waals surface area contributed by atoms with Gasteiger partial charge in [-0.1, -0.05) is 143 Å². The zero-order chi connectivity index (χ0) is 18.6. The Hall–Kier alpha value is 0. The van der Waals surface area contributed by atoms with Crippen LogP contribution < -0.4 is 0 Å². The molecule has 0 aliphatic rings. The maximum atomic E-state index is 2.36. The first-order chi connectivity index (χ1) is 12.3. The van der Waals surface area contributed by atoms with Crippen LogP contribution in [0.3, 0.4) is 0 Å². The first-order valence-corrected chi connectivity index (χ1v) is 12.3. The number of hydrogen-bond acceptors (Lipinski definition) is 0. The molecule has 0 radical (unpaired) electrons. The quantitative estimate of drug-likeness (QED) is 0.191. The monoisotopic (exact) mass is 352 g/mol. The summed E-state index contributed by atoms with van der Waals surface area (Å²) in [5.74, 6) is 2.06. The predicted molar refractivity (Wildman–Crippen MR) is 117 cm³/mol. The Labute approximate surface area is 161 Å². The van der Waals surface area contributed by atoms with Crippen molar-refractivity contribution in [3.8, 4) is 0 Å². The molecular weight excluding hydrogens is 300 g/mol. The second-order valence-electron chi connectivity index (χ2n) is 8.66. The normalized spacial score (nSPS) is 12.8. The highest BCUT2D eigenvalue weighted by atomic mass is 14.2. The van der Waals surface area contributed by atoms with Crippen LogP contribution >= 0.6 is 0 Å². The fraction of sp³-hybridized carbons (Fsp3) is 1.00. The van der Waals surface area contributed by atoms with E-state index in [1.807, 2.05) is 0 Å². The average Bonchev–Trinajstić information content (AvgIpc) is 2.62. The molecule has 1 unspecified atom stereocenters. The first kappa shape index (κ1) is 25.0. The summed E-state index contributed by atoms with van der Waals surface area (Å²) in [5, 5.41) is 0. The van der Waals surface area contributed by atoms with Gasteiger partial charge in [0.05, 0.1) is 0 Å². The molecule has 0 saturated heterocycles. The van der Waals surface area contributed by atoms with Crippen molar-refractivity contribution in [2.45, 2.75) is 150 Å². The fourth-order valence-corrected chi connectivity index (χ4v) is 4.30. The molecule has 25 heavy (non-hydrogen) atoms. The maximum Gasteiger partial charge on any atom is -0.0412 e. The lowest BCUT2D eigenvalue weighted by Crippen LogP contribution is -2.10. The van der Waals surface area contributed by atoms with Crippen LogP contribution in [0.2, 0.25) is 0 Å². The number of rotatable bonds is 20. The molecule has 0 fully saturated rings. The van der Waals surface area contributed by atoms with Gasteiger partial charge in [0, 0.05) is 0 Å². The molecule has 0 aromatic heterocycles. The Balaban J connectivity index is 4.24. The molecule has 0 nitrogen and oxygen atoms in total. The van der Waals surface area contributed by atoms with Gasteiger partial charge in [-0.15, -0.1) is 0 Å². The van der Waals surface area contributed by atoms with Gasteiger partial charge in [0.2, 0.25) is 0 Å². The third-order valence-electron chi connectivity index (χ3n) is 6.03. The summed E-state index contributed by atoms with van der Waals surface area (Å²) in [6.07, 6.45) is 27.7. The lowest BCUT2D eigenvalue weighted by Gasteiger charge is -2.24. The van der Waals surface area contributed by atoms with Crippen LogP contribution in [0.4, 0.5) is 0 Å². The average molecular weight is 353 g/mol. The second-order valence-corrected chi connectivity index (χ2v) is 8.66. The van der Waals surface area contributed by atoms with Crippen LogP contribution in [0, 0.1) is 11.8 Å². The van der Waals surface area contributed by atoms with E-state index < -0.39 is 0 Å². The summed E-state index contributed by atoms with van der Waals surface area (Å²) < 4.78 is 0. The zero-order valence-corrected chi connectivity index (χ0v) is 18.6. The van der Waals surface area contributed by atoms with Crippen molar-refractivity contribution in [2.24, 2.45) is 11.8 Å². The van der Waals surface area contributed by atoms with Crippen molar-refractivity contribution in [3.63, 3.8) is 0 Å². The number of hydrogen-bond donors (Lipinski definition) is 0. The van der Waals surface area contributed by atoms with E-state index in [9.17, 15) is 0 Å². The van der Waals surface area contributed by atoms with Crippen LogP contribution in [0.15, 0.2) is 0 Å². The molecule has 0 aromatic rings. The van der Waals surface area contributed by atoms with E-state index in [0.717, 1.165) is 11.8 Å². The van der Waals surface area contributed by atoms with E-state index in [2.05, 4.69) is 27.7 Å². The van der Waals surface area contributed by atoms with Crippen molar-refractivity contribution < 1.29 is 0 Å². The van der Waals surface area contributed by atoms with Crippen molar-refractivity contribution in [2.75, 3.05) is 0 Å². The summed E-state index contributed by atoms with van der Waals surface area (Å²) in [6.45, 7) is 9.36. The van der Waals surface area contributed by atoms with Crippen molar-refractivity contribution in [1.82, 2.24) is 0 Å². The summed E-state index contributed by atoms with van der Waals surface area (Å²) in [7, 11) is 0. The van der Waals surface area contributed by atoms with Gasteiger partial charge in [0.25, 0.3) is 0 Å². The van der Waals surface area contributed by atoms with Gasteiger partial charge >= 0.3 is 0 Å². The topological polar surface area (TPSA) is 0 Å². The summed E-state index contributed by atoms with van der Waals surface area (Å²) in [4.78, 5) is 0. The van der Waals surface area contributed by atoms with Gasteiger partial charge in [-0.05, 0) is 18.3 Å². The molecule has 0 heteroatoms. The van der Waals surface area contributed by atoms with Gasteiger partial charge < -0.3 is 0 Å². The molecule has 0 saturated carbocycles. The van der Waals surface area contributed by atoms with Crippen molar-refractivity contribution >= 4 is 0 Å². The Morgan fingerprint density at radius 2 is 0.680 bits per heavy atom. The van der Waals surface area contributed by atoms with Gasteiger partial charge in [0.1, 0.15) is 0 Å². The first-order valence-electron chi connectivity index (χ1n) is 12.3. The Morgan fingerprint density at radius 1 is 0.360 bits per heavy atom. The third kappa shape index (κ3) is 17.2. The van der Waals surface area contributed by atoms with E-state index in [4.69, 9.17) is 0 Å². The lowest BCUT2D eigenvalue weighted by molar-refractivity contribution is 0.285. The lowest BCUT2D eigenvalue weighted by atomic mass is 9.82. The van der Waals surface area contributed by atoms with Gasteiger partial charge in [0.15, 0.2) is 0 Å². The minimum Gasteiger partial charge on any atom is -0.0654 e. The van der Waals surface area contributed by atoms with Crippen LogP contribution in [-0.4, -0.2) is 0 Å². The molecule has 0 N–H and O–H groups in total. The van der Waals surface area contributed by atoms with E-state index in [-0.39, 0.29) is 0 Å². The Bertz CT molecular complexity index is 222. The van der Waals surface area contributed by atoms with Gasteiger partial charge in [-0.3, -0.25) is 0 Å². The van der Waals surface area contributed by atoms with Crippen LogP contribution in [0.25, 0.3) is 0 Å². The van der Waals surface area contributed by atoms with E-state index in [1.165, 1.54) is 116 Å². The minimum atomic E-state index is 1.03. The minimum absolute atomic E-state index is 1.03. The van der Waals surface area contributed by atoms with Crippen LogP contribution in [0.5, 0.6) is 0 Å². The summed E-state index contributed by atoms with van der Waals surface area (Å²) >= 11 is 0. The molecule has 0 aromatic carbocycles. The molecular formula is C25H52. The molecule has 0 amide bonds. The van der Waals surface area contributed by atoms with Gasteiger partial charge in [-0.2, -0.15) is 0 Å². The molecule has 152 valence electrons.